The molecule has 0 atom stereocenters. The third-order valence-corrected chi connectivity index (χ3v) is 1.10. The Balaban J connectivity index is 2.34. The average molecular weight is 126 g/mol. The molecule has 1 aliphatic rings. The van der Waals surface area contributed by atoms with Crippen LogP contribution in [0.15, 0.2) is 24.8 Å². The molecule has 0 bridgehead atoms. The summed E-state index contributed by atoms with van der Waals surface area (Å²) in [6, 6.07) is 0. The highest BCUT2D eigenvalue weighted by Crippen LogP contribution is 2.07. The van der Waals surface area contributed by atoms with E-state index in [1.54, 1.807) is 6.08 Å². The molecule has 2 nitrogen and oxygen atoms in total. The van der Waals surface area contributed by atoms with E-state index in [0.29, 0.717) is 13.2 Å². The molecule has 0 radical (unpaired) electrons. The zero-order valence-electron chi connectivity index (χ0n) is 5.30. The van der Waals surface area contributed by atoms with Crippen molar-refractivity contribution in [2.45, 2.75) is 6.29 Å². The topological polar surface area (TPSA) is 18.5 Å². The Morgan fingerprint density at radius 3 is 2.44 bits per heavy atom. The largest absolute Gasteiger partial charge is 0.344 e. The molecule has 0 amide bonds. The molecular weight excluding hydrogens is 116 g/mol. The summed E-state index contributed by atoms with van der Waals surface area (Å²) < 4.78 is 10.2. The lowest BCUT2D eigenvalue weighted by atomic mass is 10.3. The molecule has 0 aromatic heterocycles. The first-order valence-corrected chi connectivity index (χ1v) is 2.85. The van der Waals surface area contributed by atoms with Crippen molar-refractivity contribution in [3.05, 3.63) is 24.8 Å². The van der Waals surface area contributed by atoms with Crippen molar-refractivity contribution in [3.8, 4) is 0 Å². The normalized spacial score (nSPS) is 22.0. The van der Waals surface area contributed by atoms with Crippen molar-refractivity contribution < 1.29 is 9.47 Å². The van der Waals surface area contributed by atoms with Gasteiger partial charge in [-0.15, -0.1) is 0 Å². The maximum atomic E-state index is 5.10. The van der Waals surface area contributed by atoms with Gasteiger partial charge in [-0.1, -0.05) is 13.2 Å². The van der Waals surface area contributed by atoms with E-state index >= 15 is 0 Å². The van der Waals surface area contributed by atoms with Gasteiger partial charge in [0, 0.05) is 0 Å². The summed E-state index contributed by atoms with van der Waals surface area (Å²) in [7, 11) is 0. The molecule has 0 aliphatic carbocycles. The van der Waals surface area contributed by atoms with E-state index in [2.05, 4.69) is 13.2 Å². The second-order valence-corrected chi connectivity index (χ2v) is 1.98. The molecule has 0 N–H and O–H groups in total. The average Bonchev–Trinajstić information content (AvgIpc) is 1.90. The molecule has 0 unspecified atom stereocenters. The van der Waals surface area contributed by atoms with Gasteiger partial charge in [0.1, 0.15) is 0 Å². The molecule has 1 saturated heterocycles. The van der Waals surface area contributed by atoms with Crippen molar-refractivity contribution in [3.63, 3.8) is 0 Å². The van der Waals surface area contributed by atoms with Gasteiger partial charge >= 0.3 is 0 Å². The molecule has 1 fully saturated rings. The van der Waals surface area contributed by atoms with Crippen LogP contribution in [-0.4, -0.2) is 19.5 Å². The fourth-order valence-corrected chi connectivity index (χ4v) is 0.626. The van der Waals surface area contributed by atoms with E-state index in [0.717, 1.165) is 5.57 Å². The Kier molecular flexibility index (Phi) is 2.03. The fraction of sp³-hybridized carbons (Fsp3) is 0.429. The van der Waals surface area contributed by atoms with Crippen LogP contribution in [0.2, 0.25) is 0 Å². The molecule has 9 heavy (non-hydrogen) atoms. The summed E-state index contributed by atoms with van der Waals surface area (Å²) in [5.74, 6) is 0. The van der Waals surface area contributed by atoms with Gasteiger partial charge in [0.2, 0.25) is 0 Å². The Morgan fingerprint density at radius 2 is 2.00 bits per heavy atom. The summed E-state index contributed by atoms with van der Waals surface area (Å²) in [6.07, 6.45) is 1.40. The smallest absolute Gasteiger partial charge is 0.177 e. The molecular formula is C7H10O2. The van der Waals surface area contributed by atoms with Crippen LogP contribution in [0.4, 0.5) is 0 Å². The van der Waals surface area contributed by atoms with Crippen LogP contribution in [0.1, 0.15) is 0 Å². The zero-order chi connectivity index (χ0) is 6.69. The van der Waals surface area contributed by atoms with E-state index in [9.17, 15) is 0 Å². The molecule has 1 heterocycles. The number of rotatable bonds is 1. The Bertz CT molecular complexity index is 119. The third kappa shape index (κ3) is 1.66. The molecule has 1 aliphatic heterocycles. The van der Waals surface area contributed by atoms with Crippen molar-refractivity contribution in [2.24, 2.45) is 0 Å². The van der Waals surface area contributed by atoms with Crippen LogP contribution < -0.4 is 0 Å². The third-order valence-electron chi connectivity index (χ3n) is 1.10. The van der Waals surface area contributed by atoms with Crippen molar-refractivity contribution >= 4 is 0 Å². The highest BCUT2D eigenvalue weighted by molar-refractivity contribution is 4.97. The first kappa shape index (κ1) is 6.52. The Hall–Kier alpha value is -0.600. The monoisotopic (exact) mass is 126 g/mol. The van der Waals surface area contributed by atoms with Gasteiger partial charge in [-0.25, -0.2) is 0 Å². The van der Waals surface area contributed by atoms with Gasteiger partial charge in [-0.2, -0.15) is 0 Å². The van der Waals surface area contributed by atoms with E-state index in [1.165, 1.54) is 0 Å². The predicted molar refractivity (Wildman–Crippen MR) is 35.0 cm³/mol. The first-order chi connectivity index (χ1) is 4.33. The molecule has 0 spiro atoms. The van der Waals surface area contributed by atoms with Crippen LogP contribution in [0.3, 0.4) is 0 Å². The fourth-order valence-electron chi connectivity index (χ4n) is 0.626. The summed E-state index contributed by atoms with van der Waals surface area (Å²) in [4.78, 5) is 0. The van der Waals surface area contributed by atoms with Crippen molar-refractivity contribution in [1.82, 2.24) is 0 Å². The SMILES string of the molecule is C=CC1OCC(=C)CO1. The minimum absolute atomic E-state index is 0.226. The van der Waals surface area contributed by atoms with Crippen LogP contribution in [-0.2, 0) is 9.47 Å². The molecule has 50 valence electrons. The van der Waals surface area contributed by atoms with Gasteiger partial charge in [0.15, 0.2) is 6.29 Å². The van der Waals surface area contributed by atoms with Crippen LogP contribution in [0, 0.1) is 0 Å². The lowest BCUT2D eigenvalue weighted by molar-refractivity contribution is -0.125. The molecule has 2 heteroatoms. The second kappa shape index (κ2) is 2.80. The van der Waals surface area contributed by atoms with Gasteiger partial charge in [0.25, 0.3) is 0 Å². The van der Waals surface area contributed by atoms with Gasteiger partial charge in [-0.3, -0.25) is 0 Å². The molecule has 0 aromatic carbocycles. The minimum atomic E-state index is -0.226. The lowest BCUT2D eigenvalue weighted by Gasteiger charge is -2.21. The quantitative estimate of drug-likeness (QED) is 0.490. The van der Waals surface area contributed by atoms with E-state index in [4.69, 9.17) is 9.47 Å². The van der Waals surface area contributed by atoms with E-state index in [-0.39, 0.29) is 6.29 Å². The van der Waals surface area contributed by atoms with Crippen LogP contribution >= 0.6 is 0 Å². The number of hydrogen-bond donors (Lipinski definition) is 0. The van der Waals surface area contributed by atoms with Gasteiger partial charge in [-0.05, 0) is 11.6 Å². The Labute approximate surface area is 54.8 Å². The maximum Gasteiger partial charge on any atom is 0.177 e. The molecule has 0 saturated carbocycles. The standard InChI is InChI=1S/C7H10O2/c1-3-7-8-4-6(2)5-9-7/h3,7H,1-2,4-5H2. The summed E-state index contributed by atoms with van der Waals surface area (Å²) in [5.41, 5.74) is 0.980. The summed E-state index contributed by atoms with van der Waals surface area (Å²) >= 11 is 0. The van der Waals surface area contributed by atoms with Gasteiger partial charge in [0.05, 0.1) is 13.2 Å². The highest BCUT2D eigenvalue weighted by atomic mass is 16.7. The van der Waals surface area contributed by atoms with Crippen molar-refractivity contribution in [1.29, 1.82) is 0 Å². The predicted octanol–water partition coefficient (Wildman–Crippen LogP) is 1.10. The van der Waals surface area contributed by atoms with Crippen molar-refractivity contribution in [2.75, 3.05) is 13.2 Å². The molecule has 1 rings (SSSR count). The minimum Gasteiger partial charge on any atom is -0.344 e. The molecule has 0 aromatic rings. The number of hydrogen-bond acceptors (Lipinski definition) is 2. The zero-order valence-corrected chi connectivity index (χ0v) is 5.30. The van der Waals surface area contributed by atoms with Gasteiger partial charge < -0.3 is 9.47 Å². The van der Waals surface area contributed by atoms with Crippen LogP contribution in [0.25, 0.3) is 0 Å². The summed E-state index contributed by atoms with van der Waals surface area (Å²) in [5, 5.41) is 0. The summed E-state index contributed by atoms with van der Waals surface area (Å²) in [6.45, 7) is 8.42. The maximum absolute atomic E-state index is 5.10. The van der Waals surface area contributed by atoms with E-state index < -0.39 is 0 Å². The van der Waals surface area contributed by atoms with E-state index in [1.807, 2.05) is 0 Å². The highest BCUT2D eigenvalue weighted by Gasteiger charge is 2.11. The number of ether oxygens (including phenoxy) is 2. The second-order valence-electron chi connectivity index (χ2n) is 1.98. The first-order valence-electron chi connectivity index (χ1n) is 2.85. The van der Waals surface area contributed by atoms with Crippen LogP contribution in [0.5, 0.6) is 0 Å². The lowest BCUT2D eigenvalue weighted by Crippen LogP contribution is -2.23. The Morgan fingerprint density at radius 1 is 1.44 bits per heavy atom.